The van der Waals surface area contributed by atoms with Crippen LogP contribution in [0.2, 0.25) is 0 Å². The number of amides is 4. The molecule has 0 aromatic rings. The van der Waals surface area contributed by atoms with Crippen LogP contribution < -0.4 is 16.4 Å². The van der Waals surface area contributed by atoms with Gasteiger partial charge in [0, 0.05) is 12.1 Å². The topological polar surface area (TPSA) is 105 Å². The molecule has 1 saturated heterocycles. The lowest BCUT2D eigenvalue weighted by Crippen LogP contribution is -2.53. The summed E-state index contributed by atoms with van der Waals surface area (Å²) in [4.78, 5) is 37.8. The smallest absolute Gasteiger partial charge is 0.325 e. The van der Waals surface area contributed by atoms with Crippen molar-refractivity contribution in [3.8, 4) is 0 Å². The average molecular weight is 333 g/mol. The molecule has 8 heteroatoms. The highest BCUT2D eigenvalue weighted by molar-refractivity contribution is 6.09. The summed E-state index contributed by atoms with van der Waals surface area (Å²) in [5.41, 5.74) is 4.49. The molecule has 7 nitrogen and oxygen atoms in total. The van der Waals surface area contributed by atoms with Crippen LogP contribution in [0.4, 0.5) is 4.79 Å². The van der Waals surface area contributed by atoms with Crippen LogP contribution in [-0.2, 0) is 9.59 Å². The molecule has 1 unspecified atom stereocenters. The summed E-state index contributed by atoms with van der Waals surface area (Å²) in [7, 11) is 0. The Kier molecular flexibility index (Phi) is 5.46. The fourth-order valence-corrected chi connectivity index (χ4v) is 2.89. The quantitative estimate of drug-likeness (QED) is 0.652. The fourth-order valence-electron chi connectivity index (χ4n) is 2.89. The van der Waals surface area contributed by atoms with Crippen LogP contribution in [0.25, 0.3) is 0 Å². The molecule has 2 aliphatic rings. The monoisotopic (exact) mass is 332 g/mol. The summed E-state index contributed by atoms with van der Waals surface area (Å²) in [6.07, 6.45) is 3.14. The van der Waals surface area contributed by atoms with Crippen molar-refractivity contribution in [3.63, 3.8) is 0 Å². The van der Waals surface area contributed by atoms with E-state index in [1.165, 1.54) is 0 Å². The summed E-state index contributed by atoms with van der Waals surface area (Å²) in [5.74, 6) is -0.647. The van der Waals surface area contributed by atoms with Gasteiger partial charge in [-0.1, -0.05) is 12.8 Å². The molecule has 126 valence electrons. The molecule has 1 atom stereocenters. The number of imide groups is 1. The van der Waals surface area contributed by atoms with Crippen LogP contribution in [0.3, 0.4) is 0 Å². The maximum Gasteiger partial charge on any atom is 0.325 e. The number of rotatable bonds is 4. The van der Waals surface area contributed by atoms with Crippen molar-refractivity contribution in [2.45, 2.75) is 63.6 Å². The van der Waals surface area contributed by atoms with Gasteiger partial charge in [0.25, 0.3) is 5.91 Å². The Morgan fingerprint density at radius 3 is 2.45 bits per heavy atom. The van der Waals surface area contributed by atoms with E-state index in [-0.39, 0.29) is 30.8 Å². The van der Waals surface area contributed by atoms with Crippen molar-refractivity contribution in [2.75, 3.05) is 6.54 Å². The predicted octanol–water partition coefficient (Wildman–Crippen LogP) is 0.515. The summed E-state index contributed by atoms with van der Waals surface area (Å²) < 4.78 is 0. The van der Waals surface area contributed by atoms with E-state index in [4.69, 9.17) is 5.73 Å². The number of nitrogens with zero attached hydrogens (tertiary/aromatic N) is 1. The zero-order valence-electron chi connectivity index (χ0n) is 13.3. The molecule has 0 aromatic heterocycles. The van der Waals surface area contributed by atoms with Crippen molar-refractivity contribution >= 4 is 30.3 Å². The molecule has 4 amide bonds. The van der Waals surface area contributed by atoms with Gasteiger partial charge in [-0.2, -0.15) is 0 Å². The lowest BCUT2D eigenvalue weighted by atomic mass is 9.97. The highest BCUT2D eigenvalue weighted by atomic mass is 35.5. The molecule has 1 heterocycles. The van der Waals surface area contributed by atoms with Crippen LogP contribution in [-0.4, -0.2) is 46.4 Å². The van der Waals surface area contributed by atoms with Gasteiger partial charge in [-0.3, -0.25) is 9.59 Å². The molecule has 1 aliphatic carbocycles. The Labute approximate surface area is 136 Å². The Morgan fingerprint density at radius 1 is 1.41 bits per heavy atom. The van der Waals surface area contributed by atoms with Crippen LogP contribution in [0, 0.1) is 0 Å². The molecule has 22 heavy (non-hydrogen) atoms. The third-order valence-electron chi connectivity index (χ3n) is 4.14. The SMILES string of the molecule is CC(C(=O)NCC(C)(C)N)N1C(=O)NC2(CCCC2)C1=O.Cl. The van der Waals surface area contributed by atoms with Crippen molar-refractivity contribution in [1.29, 1.82) is 0 Å². The van der Waals surface area contributed by atoms with Crippen molar-refractivity contribution < 1.29 is 14.4 Å². The summed E-state index contributed by atoms with van der Waals surface area (Å²) in [6, 6.07) is -1.31. The van der Waals surface area contributed by atoms with E-state index in [2.05, 4.69) is 10.6 Å². The first-order valence-corrected chi connectivity index (χ1v) is 7.39. The van der Waals surface area contributed by atoms with E-state index >= 15 is 0 Å². The molecule has 0 radical (unpaired) electrons. The molecule has 0 bridgehead atoms. The standard InChI is InChI=1S/C14H24N4O3.ClH/c1-9(10(19)16-8-13(2,3)15)18-11(20)14(17-12(18)21)6-4-5-7-14;/h9H,4-8,15H2,1-3H3,(H,16,19)(H,17,21);1H. The van der Waals surface area contributed by atoms with Crippen LogP contribution >= 0.6 is 12.4 Å². The number of halogens is 1. The van der Waals surface area contributed by atoms with Gasteiger partial charge >= 0.3 is 6.03 Å². The van der Waals surface area contributed by atoms with E-state index in [0.29, 0.717) is 12.8 Å². The van der Waals surface area contributed by atoms with E-state index in [1.54, 1.807) is 20.8 Å². The molecule has 0 aromatic carbocycles. The highest BCUT2D eigenvalue weighted by Crippen LogP contribution is 2.35. The van der Waals surface area contributed by atoms with Gasteiger partial charge in [-0.15, -0.1) is 12.4 Å². The van der Waals surface area contributed by atoms with Gasteiger partial charge in [-0.25, -0.2) is 9.69 Å². The van der Waals surface area contributed by atoms with Gasteiger partial charge in [-0.05, 0) is 33.6 Å². The Bertz CT molecular complexity index is 469. The second kappa shape index (κ2) is 6.42. The van der Waals surface area contributed by atoms with E-state index in [0.717, 1.165) is 17.7 Å². The second-order valence-corrected chi connectivity index (χ2v) is 6.78. The highest BCUT2D eigenvalue weighted by Gasteiger charge is 2.54. The molecule has 4 N–H and O–H groups in total. The van der Waals surface area contributed by atoms with Crippen molar-refractivity contribution in [2.24, 2.45) is 5.73 Å². The number of nitrogens with one attached hydrogen (secondary N) is 2. The number of carbonyl (C=O) groups is 3. The van der Waals surface area contributed by atoms with E-state index in [1.807, 2.05) is 0 Å². The molecular formula is C14H25ClN4O3. The fraction of sp³-hybridized carbons (Fsp3) is 0.786. The minimum atomic E-state index is -0.833. The number of hydrogen-bond donors (Lipinski definition) is 3. The summed E-state index contributed by atoms with van der Waals surface area (Å²) in [5, 5.41) is 5.45. The normalized spacial score (nSPS) is 21.5. The van der Waals surface area contributed by atoms with Gasteiger partial charge in [0.2, 0.25) is 5.91 Å². The summed E-state index contributed by atoms with van der Waals surface area (Å²) in [6.45, 7) is 5.42. The van der Waals surface area contributed by atoms with E-state index < -0.39 is 23.2 Å². The predicted molar refractivity (Wildman–Crippen MR) is 84.6 cm³/mol. The molecule has 1 spiro atoms. The maximum atomic E-state index is 12.5. The van der Waals surface area contributed by atoms with Crippen molar-refractivity contribution in [3.05, 3.63) is 0 Å². The first-order valence-electron chi connectivity index (χ1n) is 7.39. The lowest BCUT2D eigenvalue weighted by Gasteiger charge is -2.25. The van der Waals surface area contributed by atoms with Gasteiger partial charge in [0.1, 0.15) is 11.6 Å². The minimum Gasteiger partial charge on any atom is -0.352 e. The number of nitrogens with two attached hydrogens (primary N) is 1. The Balaban J connectivity index is 0.00000242. The van der Waals surface area contributed by atoms with Gasteiger partial charge in [0.15, 0.2) is 0 Å². The lowest BCUT2D eigenvalue weighted by molar-refractivity contribution is -0.137. The Morgan fingerprint density at radius 2 is 1.95 bits per heavy atom. The van der Waals surface area contributed by atoms with Crippen LogP contribution in [0.5, 0.6) is 0 Å². The average Bonchev–Trinajstić information content (AvgIpc) is 2.92. The number of carbonyl (C=O) groups excluding carboxylic acids is 3. The first kappa shape index (κ1) is 18.7. The molecule has 1 aliphatic heterocycles. The summed E-state index contributed by atoms with van der Waals surface area (Å²) >= 11 is 0. The van der Waals surface area contributed by atoms with Crippen molar-refractivity contribution in [1.82, 2.24) is 15.5 Å². The Hall–Kier alpha value is -1.34. The zero-order chi connectivity index (χ0) is 15.8. The third kappa shape index (κ3) is 3.52. The van der Waals surface area contributed by atoms with Gasteiger partial charge in [0.05, 0.1) is 0 Å². The largest absolute Gasteiger partial charge is 0.352 e. The van der Waals surface area contributed by atoms with Crippen LogP contribution in [0.15, 0.2) is 0 Å². The molecule has 2 rings (SSSR count). The molecule has 1 saturated carbocycles. The van der Waals surface area contributed by atoms with Gasteiger partial charge < -0.3 is 16.4 Å². The second-order valence-electron chi connectivity index (χ2n) is 6.78. The number of hydrogen-bond acceptors (Lipinski definition) is 4. The zero-order valence-corrected chi connectivity index (χ0v) is 14.1. The van der Waals surface area contributed by atoms with E-state index in [9.17, 15) is 14.4 Å². The molecular weight excluding hydrogens is 308 g/mol. The number of urea groups is 1. The first-order chi connectivity index (χ1) is 9.66. The third-order valence-corrected chi connectivity index (χ3v) is 4.14. The molecule has 2 fully saturated rings. The maximum absolute atomic E-state index is 12.5. The van der Waals surface area contributed by atoms with Crippen LogP contribution in [0.1, 0.15) is 46.5 Å². The minimum absolute atomic E-state index is 0.